The monoisotopic (exact) mass is 231 g/mol. The first-order valence-electron chi connectivity index (χ1n) is 5.38. The standard InChI is InChI=1S/C12H17N5/c1-12(2,3)8-15-11(16-9-13)17-10-4-6-14-7-5-10/h4-7H,8H2,1-3H3,(H2,14,15,16,17). The molecule has 1 rings (SSSR count). The van der Waals surface area contributed by atoms with Gasteiger partial charge in [-0.15, -0.1) is 0 Å². The topological polar surface area (TPSA) is 73.1 Å². The van der Waals surface area contributed by atoms with E-state index in [2.05, 4.69) is 41.4 Å². The van der Waals surface area contributed by atoms with Crippen LogP contribution in [0.25, 0.3) is 0 Å². The molecule has 1 heterocycles. The lowest BCUT2D eigenvalue weighted by Crippen LogP contribution is -2.28. The van der Waals surface area contributed by atoms with E-state index in [0.717, 1.165) is 5.69 Å². The van der Waals surface area contributed by atoms with Gasteiger partial charge in [0.1, 0.15) is 0 Å². The summed E-state index contributed by atoms with van der Waals surface area (Å²) in [4.78, 5) is 8.25. The maximum Gasteiger partial charge on any atom is 0.209 e. The van der Waals surface area contributed by atoms with Crippen molar-refractivity contribution < 1.29 is 0 Å². The van der Waals surface area contributed by atoms with Crippen LogP contribution < -0.4 is 10.6 Å². The van der Waals surface area contributed by atoms with Crippen LogP contribution in [-0.4, -0.2) is 17.5 Å². The molecule has 0 aliphatic heterocycles. The molecule has 17 heavy (non-hydrogen) atoms. The Morgan fingerprint density at radius 2 is 2.06 bits per heavy atom. The molecule has 0 aromatic carbocycles. The van der Waals surface area contributed by atoms with E-state index in [1.54, 1.807) is 12.4 Å². The third-order valence-electron chi connectivity index (χ3n) is 1.83. The van der Waals surface area contributed by atoms with Crippen LogP contribution in [0.5, 0.6) is 0 Å². The fourth-order valence-corrected chi connectivity index (χ4v) is 1.05. The molecule has 0 unspecified atom stereocenters. The molecule has 5 heteroatoms. The number of aromatic nitrogens is 1. The third kappa shape index (κ3) is 5.52. The number of hydrogen-bond acceptors (Lipinski definition) is 3. The Labute approximate surface area is 102 Å². The van der Waals surface area contributed by atoms with Crippen molar-refractivity contribution in [1.29, 1.82) is 5.26 Å². The summed E-state index contributed by atoms with van der Waals surface area (Å²) in [5.74, 6) is 0.452. The van der Waals surface area contributed by atoms with Gasteiger partial charge in [-0.25, -0.2) is 0 Å². The van der Waals surface area contributed by atoms with Gasteiger partial charge in [-0.05, 0) is 17.5 Å². The Hall–Kier alpha value is -2.09. The highest BCUT2D eigenvalue weighted by atomic mass is 15.2. The molecule has 1 aromatic heterocycles. The summed E-state index contributed by atoms with van der Waals surface area (Å²) in [6, 6.07) is 3.62. The highest BCUT2D eigenvalue weighted by Crippen LogP contribution is 2.13. The van der Waals surface area contributed by atoms with Crippen LogP contribution in [0.2, 0.25) is 0 Å². The maximum absolute atomic E-state index is 8.65. The fraction of sp³-hybridized carbons (Fsp3) is 0.417. The predicted octanol–water partition coefficient (Wildman–Crippen LogP) is 1.97. The van der Waals surface area contributed by atoms with E-state index >= 15 is 0 Å². The minimum atomic E-state index is 0.0856. The van der Waals surface area contributed by atoms with Crippen LogP contribution in [0, 0.1) is 16.9 Å². The van der Waals surface area contributed by atoms with Gasteiger partial charge in [0.15, 0.2) is 6.19 Å². The lowest BCUT2D eigenvalue weighted by atomic mass is 9.97. The maximum atomic E-state index is 8.65. The van der Waals surface area contributed by atoms with E-state index in [-0.39, 0.29) is 5.41 Å². The molecule has 0 bridgehead atoms. The Morgan fingerprint density at radius 1 is 1.41 bits per heavy atom. The summed E-state index contributed by atoms with van der Waals surface area (Å²) in [6.45, 7) is 6.90. The predicted molar refractivity (Wildman–Crippen MR) is 68.4 cm³/mol. The summed E-state index contributed by atoms with van der Waals surface area (Å²) in [5.41, 5.74) is 0.929. The summed E-state index contributed by atoms with van der Waals surface area (Å²) in [6.07, 6.45) is 5.22. The van der Waals surface area contributed by atoms with Gasteiger partial charge < -0.3 is 5.32 Å². The number of hydrogen-bond donors (Lipinski definition) is 2. The van der Waals surface area contributed by atoms with Gasteiger partial charge in [0.05, 0.1) is 0 Å². The lowest BCUT2D eigenvalue weighted by molar-refractivity contribution is 0.429. The van der Waals surface area contributed by atoms with Crippen molar-refractivity contribution in [2.24, 2.45) is 10.4 Å². The zero-order valence-corrected chi connectivity index (χ0v) is 10.4. The molecule has 0 radical (unpaired) electrons. The molecule has 0 saturated heterocycles. The van der Waals surface area contributed by atoms with Crippen molar-refractivity contribution in [3.8, 4) is 6.19 Å². The number of nitriles is 1. The Bertz CT molecular complexity index is 411. The Morgan fingerprint density at radius 3 is 2.59 bits per heavy atom. The van der Waals surface area contributed by atoms with Crippen LogP contribution in [-0.2, 0) is 0 Å². The first kappa shape index (κ1) is 13.0. The van der Waals surface area contributed by atoms with E-state index in [0.29, 0.717) is 12.5 Å². The highest BCUT2D eigenvalue weighted by Gasteiger charge is 2.09. The quantitative estimate of drug-likeness (QED) is 0.353. The molecule has 5 nitrogen and oxygen atoms in total. The van der Waals surface area contributed by atoms with Crippen LogP contribution in [0.4, 0.5) is 5.69 Å². The normalized spacial score (nSPS) is 11.8. The number of anilines is 1. The second kappa shape index (κ2) is 5.85. The van der Waals surface area contributed by atoms with Crippen molar-refractivity contribution in [2.45, 2.75) is 20.8 Å². The van der Waals surface area contributed by atoms with Crippen molar-refractivity contribution in [1.82, 2.24) is 10.3 Å². The van der Waals surface area contributed by atoms with Gasteiger partial charge in [0.25, 0.3) is 0 Å². The van der Waals surface area contributed by atoms with Crippen LogP contribution in [0.15, 0.2) is 29.5 Å². The average Bonchev–Trinajstić information content (AvgIpc) is 2.27. The number of rotatable bonds is 2. The largest absolute Gasteiger partial charge is 0.325 e. The van der Waals surface area contributed by atoms with E-state index in [1.807, 2.05) is 18.3 Å². The summed E-state index contributed by atoms with van der Waals surface area (Å²) >= 11 is 0. The van der Waals surface area contributed by atoms with Crippen LogP contribution in [0.3, 0.4) is 0 Å². The summed E-state index contributed by atoms with van der Waals surface area (Å²) in [7, 11) is 0. The van der Waals surface area contributed by atoms with E-state index < -0.39 is 0 Å². The highest BCUT2D eigenvalue weighted by molar-refractivity contribution is 5.94. The van der Waals surface area contributed by atoms with Crippen molar-refractivity contribution in [3.05, 3.63) is 24.5 Å². The molecule has 0 fully saturated rings. The van der Waals surface area contributed by atoms with E-state index in [9.17, 15) is 0 Å². The number of pyridine rings is 1. The van der Waals surface area contributed by atoms with Crippen molar-refractivity contribution >= 4 is 11.6 Å². The second-order valence-corrected chi connectivity index (χ2v) is 4.82. The molecule has 0 amide bonds. The van der Waals surface area contributed by atoms with Gasteiger partial charge in [-0.2, -0.15) is 5.26 Å². The molecule has 0 atom stereocenters. The smallest absolute Gasteiger partial charge is 0.209 e. The number of aliphatic imine (C=N–C) groups is 1. The van der Waals surface area contributed by atoms with Gasteiger partial charge >= 0.3 is 0 Å². The van der Waals surface area contributed by atoms with Crippen molar-refractivity contribution in [3.63, 3.8) is 0 Å². The molecule has 0 saturated carbocycles. The second-order valence-electron chi connectivity index (χ2n) is 4.82. The molecule has 1 aromatic rings. The average molecular weight is 231 g/mol. The fourth-order valence-electron chi connectivity index (χ4n) is 1.05. The molecular formula is C12H17N5. The zero-order valence-electron chi connectivity index (χ0n) is 10.4. The van der Waals surface area contributed by atoms with E-state index in [4.69, 9.17) is 5.26 Å². The minimum absolute atomic E-state index is 0.0856. The minimum Gasteiger partial charge on any atom is -0.325 e. The number of guanidine groups is 1. The summed E-state index contributed by atoms with van der Waals surface area (Å²) < 4.78 is 0. The summed E-state index contributed by atoms with van der Waals surface area (Å²) in [5, 5.41) is 14.2. The van der Waals surface area contributed by atoms with E-state index in [1.165, 1.54) is 0 Å². The SMILES string of the molecule is CC(C)(C)CN=C(NC#N)Nc1ccncc1. The van der Waals surface area contributed by atoms with Crippen LogP contribution >= 0.6 is 0 Å². The van der Waals surface area contributed by atoms with Gasteiger partial charge in [-0.1, -0.05) is 20.8 Å². The lowest BCUT2D eigenvalue weighted by Gasteiger charge is -2.16. The Kier molecular flexibility index (Phi) is 4.46. The molecule has 90 valence electrons. The molecular weight excluding hydrogens is 214 g/mol. The molecule has 0 aliphatic carbocycles. The van der Waals surface area contributed by atoms with Gasteiger partial charge in [0, 0.05) is 24.6 Å². The molecule has 0 aliphatic rings. The first-order chi connectivity index (χ1) is 8.01. The first-order valence-corrected chi connectivity index (χ1v) is 5.38. The van der Waals surface area contributed by atoms with Gasteiger partial charge in [0.2, 0.25) is 5.96 Å². The Balaban J connectivity index is 2.70. The van der Waals surface area contributed by atoms with Gasteiger partial charge in [-0.3, -0.25) is 15.3 Å². The third-order valence-corrected chi connectivity index (χ3v) is 1.83. The zero-order chi connectivity index (χ0) is 12.7. The van der Waals surface area contributed by atoms with Crippen LogP contribution in [0.1, 0.15) is 20.8 Å². The number of nitrogens with zero attached hydrogens (tertiary/aromatic N) is 3. The number of nitrogens with one attached hydrogen (secondary N) is 2. The van der Waals surface area contributed by atoms with Crippen molar-refractivity contribution in [2.75, 3.05) is 11.9 Å². The molecule has 0 spiro atoms. The molecule has 2 N–H and O–H groups in total.